The fraction of sp³-hybridized carbons (Fsp3) is 0.368. The minimum Gasteiger partial charge on any atom is -0.493 e. The summed E-state index contributed by atoms with van der Waals surface area (Å²) in [7, 11) is -1.32. The Morgan fingerprint density at radius 1 is 1.25 bits per heavy atom. The Balaban J connectivity index is 0.00000225. The Bertz CT molecular complexity index is 926. The summed E-state index contributed by atoms with van der Waals surface area (Å²) < 4.78 is 29.3. The first-order chi connectivity index (χ1) is 13.2. The number of aromatic amines is 1. The number of ether oxygens (including phenoxy) is 3. The first-order valence-electron chi connectivity index (χ1n) is 8.76. The second-order valence-corrected chi connectivity index (χ2v) is 7.83. The molecule has 3 heterocycles. The Kier molecular flexibility index (Phi) is 7.62. The normalized spacial score (nSPS) is 15.9. The third-order valence-electron chi connectivity index (χ3n) is 4.46. The van der Waals surface area contributed by atoms with Crippen LogP contribution in [0.4, 0.5) is 0 Å². The number of H-pyrrole nitrogens is 1. The quantitative estimate of drug-likeness (QED) is 0.627. The second-order valence-electron chi connectivity index (χ2n) is 6.47. The van der Waals surface area contributed by atoms with E-state index in [1.807, 2.05) is 37.3 Å². The maximum absolute atomic E-state index is 12.8. The Hall–Kier alpha value is -1.29. The summed E-state index contributed by atoms with van der Waals surface area (Å²) in [5.74, 6) is 1.23. The van der Waals surface area contributed by atoms with Gasteiger partial charge in [0.1, 0.15) is 12.5 Å². The van der Waals surface area contributed by atoms with E-state index in [2.05, 4.69) is 15.0 Å². The van der Waals surface area contributed by atoms with Gasteiger partial charge in [0.25, 0.3) is 0 Å². The summed E-state index contributed by atoms with van der Waals surface area (Å²) in [4.78, 5) is 11.9. The maximum atomic E-state index is 12.8. The van der Waals surface area contributed by atoms with Crippen LogP contribution >= 0.6 is 0 Å². The topological polar surface area (TPSA) is 86.3 Å². The number of fused-ring (bicyclic) bond motifs is 1. The van der Waals surface area contributed by atoms with Gasteiger partial charge in [0.15, 0.2) is 5.16 Å². The summed E-state index contributed by atoms with van der Waals surface area (Å²) >= 11 is 0. The second kappa shape index (κ2) is 9.96. The van der Waals surface area contributed by atoms with Gasteiger partial charge in [-0.25, -0.2) is 4.98 Å². The van der Waals surface area contributed by atoms with Crippen molar-refractivity contribution in [3.8, 4) is 5.75 Å². The molecular formula is C19H21N3NaO4S. The summed E-state index contributed by atoms with van der Waals surface area (Å²) in [6.45, 7) is 4.06. The van der Waals surface area contributed by atoms with E-state index in [1.165, 1.54) is 0 Å². The molecule has 143 valence electrons. The standard InChI is InChI=1S/C19H21N3O4S.Na/c1-13-17(11-27(23)19-21-15-4-2-3-5-16(15)22-19)20-7-6-18(13)26-10-14-8-24-12-25-9-14;/h2-7,14H,8-12H2,1H3,(H,21,22);. The van der Waals surface area contributed by atoms with E-state index in [4.69, 9.17) is 14.2 Å². The first kappa shape index (κ1) is 21.4. The molecule has 1 fully saturated rings. The zero-order valence-corrected chi connectivity index (χ0v) is 18.8. The van der Waals surface area contributed by atoms with Crippen molar-refractivity contribution < 1.29 is 18.4 Å². The first-order valence-corrected chi connectivity index (χ1v) is 10.1. The number of hydrogen-bond acceptors (Lipinski definition) is 6. The largest absolute Gasteiger partial charge is 0.493 e. The molecular weight excluding hydrogens is 389 g/mol. The number of nitrogens with one attached hydrogen (secondary N) is 1. The number of pyridine rings is 1. The van der Waals surface area contributed by atoms with E-state index in [9.17, 15) is 4.21 Å². The summed E-state index contributed by atoms with van der Waals surface area (Å²) in [6, 6.07) is 9.46. The predicted octanol–water partition coefficient (Wildman–Crippen LogP) is 2.19. The molecule has 0 aliphatic carbocycles. The molecule has 0 spiro atoms. The molecule has 0 amide bonds. The Labute approximate surface area is 187 Å². The van der Waals surface area contributed by atoms with Crippen molar-refractivity contribution >= 4 is 51.4 Å². The molecule has 0 bridgehead atoms. The maximum Gasteiger partial charge on any atom is 0.197 e. The van der Waals surface area contributed by atoms with Crippen molar-refractivity contribution in [2.75, 3.05) is 26.6 Å². The molecule has 1 unspecified atom stereocenters. The van der Waals surface area contributed by atoms with Gasteiger partial charge in [0.05, 0.1) is 53.1 Å². The Morgan fingerprint density at radius 2 is 2.04 bits per heavy atom. The number of nitrogens with zero attached hydrogens (tertiary/aromatic N) is 2. The smallest absolute Gasteiger partial charge is 0.197 e. The zero-order valence-electron chi connectivity index (χ0n) is 16.0. The third-order valence-corrected chi connectivity index (χ3v) is 5.62. The molecule has 9 heteroatoms. The van der Waals surface area contributed by atoms with Gasteiger partial charge in [-0.3, -0.25) is 9.19 Å². The van der Waals surface area contributed by atoms with Crippen LogP contribution in [0.1, 0.15) is 11.3 Å². The van der Waals surface area contributed by atoms with Gasteiger partial charge in [-0.2, -0.15) is 0 Å². The van der Waals surface area contributed by atoms with Crippen LogP contribution in [0.25, 0.3) is 11.0 Å². The molecule has 0 saturated carbocycles. The van der Waals surface area contributed by atoms with Gasteiger partial charge in [0, 0.05) is 47.2 Å². The van der Waals surface area contributed by atoms with Gasteiger partial charge in [0.2, 0.25) is 0 Å². The van der Waals surface area contributed by atoms with Crippen LogP contribution < -0.4 is 4.74 Å². The minimum atomic E-state index is -1.32. The molecule has 1 atom stereocenters. The number of hydrogen-bond donors (Lipinski definition) is 1. The number of benzene rings is 1. The Morgan fingerprint density at radius 3 is 2.82 bits per heavy atom. The van der Waals surface area contributed by atoms with E-state index in [1.54, 1.807) is 6.20 Å². The molecule has 1 N–H and O–H groups in total. The van der Waals surface area contributed by atoms with E-state index in [-0.39, 0.29) is 41.2 Å². The van der Waals surface area contributed by atoms with Crippen LogP contribution in [0.3, 0.4) is 0 Å². The van der Waals surface area contributed by atoms with Crippen molar-refractivity contribution in [3.05, 3.63) is 47.8 Å². The molecule has 1 radical (unpaired) electrons. The van der Waals surface area contributed by atoms with Crippen LogP contribution in [0.5, 0.6) is 5.75 Å². The van der Waals surface area contributed by atoms with Crippen LogP contribution in [-0.4, -0.2) is 75.3 Å². The summed E-state index contributed by atoms with van der Waals surface area (Å²) in [5.41, 5.74) is 3.31. The molecule has 3 aromatic rings. The number of para-hydroxylation sites is 2. The average molecular weight is 410 g/mol. The van der Waals surface area contributed by atoms with Crippen LogP contribution in [0.2, 0.25) is 0 Å². The van der Waals surface area contributed by atoms with Gasteiger partial charge in [-0.15, -0.1) is 0 Å². The van der Waals surface area contributed by atoms with Gasteiger partial charge in [-0.05, 0) is 25.1 Å². The van der Waals surface area contributed by atoms with Crippen LogP contribution in [0, 0.1) is 12.8 Å². The van der Waals surface area contributed by atoms with Crippen LogP contribution in [0.15, 0.2) is 41.7 Å². The molecule has 1 aliphatic heterocycles. The van der Waals surface area contributed by atoms with E-state index >= 15 is 0 Å². The van der Waals surface area contributed by atoms with Gasteiger partial charge in [-0.1, -0.05) is 12.1 Å². The summed E-state index contributed by atoms with van der Waals surface area (Å²) in [6.07, 6.45) is 1.68. The molecule has 2 aromatic heterocycles. The molecule has 1 aliphatic rings. The molecule has 1 saturated heterocycles. The number of aromatic nitrogens is 3. The molecule has 28 heavy (non-hydrogen) atoms. The fourth-order valence-electron chi connectivity index (χ4n) is 2.93. The van der Waals surface area contributed by atoms with Crippen molar-refractivity contribution in [3.63, 3.8) is 0 Å². The molecule has 4 rings (SSSR count). The van der Waals surface area contributed by atoms with E-state index in [0.717, 1.165) is 28.0 Å². The fourth-order valence-corrected chi connectivity index (χ4v) is 4.03. The van der Waals surface area contributed by atoms with Crippen molar-refractivity contribution in [2.45, 2.75) is 17.8 Å². The van der Waals surface area contributed by atoms with Gasteiger partial charge >= 0.3 is 0 Å². The van der Waals surface area contributed by atoms with Crippen molar-refractivity contribution in [1.82, 2.24) is 15.0 Å². The summed E-state index contributed by atoms with van der Waals surface area (Å²) in [5, 5.41) is 0.459. The van der Waals surface area contributed by atoms with E-state index < -0.39 is 10.8 Å². The third kappa shape index (κ3) is 5.00. The predicted molar refractivity (Wildman–Crippen MR) is 107 cm³/mol. The zero-order chi connectivity index (χ0) is 18.6. The molecule has 1 aromatic carbocycles. The average Bonchev–Trinajstić information content (AvgIpc) is 3.14. The minimum absolute atomic E-state index is 0. The number of imidazole rings is 1. The molecule has 7 nitrogen and oxygen atoms in total. The monoisotopic (exact) mass is 410 g/mol. The van der Waals surface area contributed by atoms with Crippen molar-refractivity contribution in [2.24, 2.45) is 5.92 Å². The SMILES string of the molecule is Cc1c(OCC2COCOC2)ccnc1CS(=O)c1nc2ccccc2[nH]1.[Na]. The van der Waals surface area contributed by atoms with E-state index in [0.29, 0.717) is 31.8 Å². The van der Waals surface area contributed by atoms with Gasteiger partial charge < -0.3 is 19.2 Å². The number of rotatable bonds is 6. The van der Waals surface area contributed by atoms with Crippen molar-refractivity contribution in [1.29, 1.82) is 0 Å². The van der Waals surface area contributed by atoms with Crippen LogP contribution in [-0.2, 0) is 26.0 Å².